The third-order valence-corrected chi connectivity index (χ3v) is 5.41. The van der Waals surface area contributed by atoms with Crippen molar-refractivity contribution in [1.29, 1.82) is 0 Å². The van der Waals surface area contributed by atoms with Gasteiger partial charge in [0.15, 0.2) is 11.7 Å². The number of halogens is 1. The molecule has 33 heavy (non-hydrogen) atoms. The monoisotopic (exact) mass is 535 g/mol. The minimum Gasteiger partial charge on any atom is -0.494 e. The normalized spacial score (nSPS) is 10.8. The number of unbranched alkanes of at least 4 members (excludes halogenated alkanes) is 1. The highest BCUT2D eigenvalue weighted by Crippen LogP contribution is 2.31. The lowest BCUT2D eigenvalue weighted by Crippen LogP contribution is -2.49. The molecule has 178 valence electrons. The maximum absolute atomic E-state index is 12.3. The number of carbonyl (C=O) groups excluding carboxylic acids is 2. The predicted molar refractivity (Wildman–Crippen MR) is 137 cm³/mol. The topological polar surface area (TPSA) is 88.7 Å². The van der Waals surface area contributed by atoms with Crippen molar-refractivity contribution in [3.63, 3.8) is 0 Å². The first-order valence-electron chi connectivity index (χ1n) is 10.7. The van der Waals surface area contributed by atoms with Crippen LogP contribution in [0.4, 0.5) is 0 Å². The number of thiocarbonyl (C=S) groups is 1. The number of hydrogen-bond donors (Lipinski definition) is 3. The van der Waals surface area contributed by atoms with Crippen molar-refractivity contribution in [2.24, 2.45) is 0 Å². The van der Waals surface area contributed by atoms with Gasteiger partial charge in [-0.1, -0.05) is 40.2 Å². The molecule has 0 fully saturated rings. The van der Waals surface area contributed by atoms with Crippen LogP contribution in [0, 0.1) is 0 Å². The minimum absolute atomic E-state index is 0.00687. The van der Waals surface area contributed by atoms with Gasteiger partial charge in [-0.25, -0.2) is 0 Å². The predicted octanol–water partition coefficient (Wildman–Crippen LogP) is 4.64. The lowest BCUT2D eigenvalue weighted by molar-refractivity contribution is -0.123. The van der Waals surface area contributed by atoms with Crippen LogP contribution in [-0.2, 0) is 10.2 Å². The molecule has 9 heteroatoms. The number of hydrogen-bond acceptors (Lipinski definition) is 5. The summed E-state index contributed by atoms with van der Waals surface area (Å²) < 4.78 is 11.9. The third kappa shape index (κ3) is 9.01. The van der Waals surface area contributed by atoms with Crippen molar-refractivity contribution < 1.29 is 19.1 Å². The molecule has 0 saturated carbocycles. The third-order valence-electron chi connectivity index (χ3n) is 4.58. The molecule has 0 saturated heterocycles. The Morgan fingerprint density at radius 1 is 1.03 bits per heavy atom. The van der Waals surface area contributed by atoms with Crippen LogP contribution in [0.5, 0.6) is 11.5 Å². The average molecular weight is 536 g/mol. The van der Waals surface area contributed by atoms with Crippen LogP contribution in [0.2, 0.25) is 0 Å². The van der Waals surface area contributed by atoms with Crippen LogP contribution in [0.3, 0.4) is 0 Å². The van der Waals surface area contributed by atoms with Crippen molar-refractivity contribution in [3.8, 4) is 11.5 Å². The lowest BCUT2D eigenvalue weighted by atomic mass is 9.87. The number of nitrogens with one attached hydrogen (secondary N) is 3. The first-order chi connectivity index (χ1) is 15.6. The molecule has 0 aliphatic rings. The molecule has 2 aromatic carbocycles. The fourth-order valence-corrected chi connectivity index (χ4v) is 3.27. The summed E-state index contributed by atoms with van der Waals surface area (Å²) >= 11 is 8.53. The van der Waals surface area contributed by atoms with E-state index in [1.807, 2.05) is 18.2 Å². The molecule has 0 spiro atoms. The van der Waals surface area contributed by atoms with Crippen molar-refractivity contribution in [2.75, 3.05) is 13.2 Å². The lowest BCUT2D eigenvalue weighted by Gasteiger charge is -2.20. The molecular weight excluding hydrogens is 506 g/mol. The van der Waals surface area contributed by atoms with Crippen LogP contribution in [-0.4, -0.2) is 30.1 Å². The molecule has 2 aromatic rings. The molecule has 0 aromatic heterocycles. The SMILES string of the molecule is CCCCOc1ccc(C(=O)NC(=S)NNC(=O)COc2ccc(C(C)(C)C)cc2Br)cc1. The standard InChI is InChI=1S/C24H30BrN3O4S/c1-5-6-13-31-18-10-7-16(8-11-18)22(30)26-23(33)28-27-21(29)15-32-20-12-9-17(14-19(20)25)24(2,3)4/h7-12,14H,5-6,13,15H2,1-4H3,(H,27,29)(H2,26,28,30,33). The summed E-state index contributed by atoms with van der Waals surface area (Å²) in [6.07, 6.45) is 2.02. The van der Waals surface area contributed by atoms with E-state index in [9.17, 15) is 9.59 Å². The van der Waals surface area contributed by atoms with Crippen molar-refractivity contribution in [2.45, 2.75) is 46.0 Å². The Balaban J connectivity index is 1.75. The van der Waals surface area contributed by atoms with Gasteiger partial charge in [0, 0.05) is 5.56 Å². The van der Waals surface area contributed by atoms with Gasteiger partial charge >= 0.3 is 0 Å². The molecule has 0 aliphatic carbocycles. The van der Waals surface area contributed by atoms with E-state index in [4.69, 9.17) is 21.7 Å². The van der Waals surface area contributed by atoms with E-state index < -0.39 is 11.8 Å². The van der Waals surface area contributed by atoms with E-state index in [0.29, 0.717) is 23.7 Å². The van der Waals surface area contributed by atoms with Gasteiger partial charge in [-0.05, 0) is 81.9 Å². The van der Waals surface area contributed by atoms with Gasteiger partial charge < -0.3 is 9.47 Å². The molecule has 0 atom stereocenters. The second-order valence-electron chi connectivity index (χ2n) is 8.37. The van der Waals surface area contributed by atoms with Crippen LogP contribution in [0.1, 0.15) is 56.5 Å². The Labute approximate surface area is 208 Å². The number of ether oxygens (including phenoxy) is 2. The first kappa shape index (κ1) is 26.6. The summed E-state index contributed by atoms with van der Waals surface area (Å²) in [7, 11) is 0. The number of carbonyl (C=O) groups is 2. The van der Waals surface area contributed by atoms with Crippen molar-refractivity contribution in [3.05, 3.63) is 58.1 Å². The number of amides is 2. The maximum Gasteiger partial charge on any atom is 0.276 e. The molecule has 0 aliphatic heterocycles. The molecule has 2 amide bonds. The largest absolute Gasteiger partial charge is 0.494 e. The average Bonchev–Trinajstić information content (AvgIpc) is 2.76. The molecule has 0 radical (unpaired) electrons. The smallest absolute Gasteiger partial charge is 0.276 e. The van der Waals surface area contributed by atoms with E-state index in [1.54, 1.807) is 24.3 Å². The van der Waals surface area contributed by atoms with Gasteiger partial charge in [-0.3, -0.25) is 25.8 Å². The number of hydrazine groups is 1. The van der Waals surface area contributed by atoms with Gasteiger partial charge in [0.25, 0.3) is 11.8 Å². The molecular formula is C24H30BrN3O4S. The molecule has 2 rings (SSSR count). The Morgan fingerprint density at radius 2 is 1.73 bits per heavy atom. The van der Waals surface area contributed by atoms with Gasteiger partial charge in [-0.2, -0.15) is 0 Å². The highest BCUT2D eigenvalue weighted by molar-refractivity contribution is 9.10. The first-order valence-corrected chi connectivity index (χ1v) is 11.9. The summed E-state index contributed by atoms with van der Waals surface area (Å²) in [6.45, 7) is 8.86. The van der Waals surface area contributed by atoms with Crippen molar-refractivity contribution in [1.82, 2.24) is 16.2 Å². The van der Waals surface area contributed by atoms with E-state index >= 15 is 0 Å². The zero-order valence-electron chi connectivity index (χ0n) is 19.3. The summed E-state index contributed by atoms with van der Waals surface area (Å²) in [6, 6.07) is 12.5. The highest BCUT2D eigenvalue weighted by atomic mass is 79.9. The number of rotatable bonds is 8. The minimum atomic E-state index is -0.452. The molecule has 0 bridgehead atoms. The van der Waals surface area contributed by atoms with Crippen molar-refractivity contribution >= 4 is 45.1 Å². The van der Waals surface area contributed by atoms with Crippen LogP contribution in [0.25, 0.3) is 0 Å². The van der Waals surface area contributed by atoms with E-state index in [2.05, 4.69) is 59.8 Å². The van der Waals surface area contributed by atoms with E-state index in [-0.39, 0.29) is 17.1 Å². The summed E-state index contributed by atoms with van der Waals surface area (Å²) in [5, 5.41) is 2.47. The summed E-state index contributed by atoms with van der Waals surface area (Å²) in [5.74, 6) is 0.400. The second kappa shape index (κ2) is 12.6. The molecule has 7 nitrogen and oxygen atoms in total. The Kier molecular flexibility index (Phi) is 10.1. The van der Waals surface area contributed by atoms with Crippen LogP contribution >= 0.6 is 28.1 Å². The van der Waals surface area contributed by atoms with Crippen LogP contribution < -0.4 is 25.6 Å². The van der Waals surface area contributed by atoms with Gasteiger partial charge in [-0.15, -0.1) is 0 Å². The van der Waals surface area contributed by atoms with Crippen LogP contribution in [0.15, 0.2) is 46.9 Å². The molecule has 0 heterocycles. The molecule has 0 unspecified atom stereocenters. The van der Waals surface area contributed by atoms with E-state index in [1.165, 1.54) is 0 Å². The fourth-order valence-electron chi connectivity index (χ4n) is 2.63. The Hall–Kier alpha value is -2.65. The second-order valence-corrected chi connectivity index (χ2v) is 9.63. The Morgan fingerprint density at radius 3 is 2.33 bits per heavy atom. The highest BCUT2D eigenvalue weighted by Gasteiger charge is 2.16. The van der Waals surface area contributed by atoms with Gasteiger partial charge in [0.05, 0.1) is 11.1 Å². The Bertz CT molecular complexity index is 975. The zero-order valence-corrected chi connectivity index (χ0v) is 21.7. The number of benzene rings is 2. The summed E-state index contributed by atoms with van der Waals surface area (Å²) in [4.78, 5) is 24.4. The van der Waals surface area contributed by atoms with E-state index in [0.717, 1.165) is 22.9 Å². The zero-order chi connectivity index (χ0) is 24.4. The quantitative estimate of drug-likeness (QED) is 0.259. The summed E-state index contributed by atoms with van der Waals surface area (Å²) in [5.41, 5.74) is 6.46. The fraction of sp³-hybridized carbons (Fsp3) is 0.375. The molecule has 3 N–H and O–H groups in total. The maximum atomic E-state index is 12.3. The van der Waals surface area contributed by atoms with Gasteiger partial charge in [0.1, 0.15) is 11.5 Å². The van der Waals surface area contributed by atoms with Gasteiger partial charge in [0.2, 0.25) is 0 Å².